The first-order chi connectivity index (χ1) is 15.5. The summed E-state index contributed by atoms with van der Waals surface area (Å²) in [7, 11) is 3.09. The second-order valence-electron chi connectivity index (χ2n) is 7.83. The van der Waals surface area contributed by atoms with E-state index in [1.807, 2.05) is 38.1 Å². The van der Waals surface area contributed by atoms with Crippen LogP contribution in [0.2, 0.25) is 0 Å². The van der Waals surface area contributed by atoms with Crippen LogP contribution in [0.4, 0.5) is 0 Å². The normalized spacial score (nSPS) is 13.7. The predicted octanol–water partition coefficient (Wildman–Crippen LogP) is -2.67. The van der Waals surface area contributed by atoms with Crippen LogP contribution in [0.1, 0.15) is 49.9 Å². The average molecular weight is 708 g/mol. The maximum atomic E-state index is 12.6. The van der Waals surface area contributed by atoms with Crippen LogP contribution in [0, 0.1) is 0 Å². The summed E-state index contributed by atoms with van der Waals surface area (Å²) in [5, 5.41) is 25.2. The fraction of sp³-hybridized carbons (Fsp3) is 0.538. The Morgan fingerprint density at radius 2 is 1.00 bits per heavy atom. The Morgan fingerprint density at radius 1 is 0.676 bits per heavy atom. The third-order valence-corrected chi connectivity index (χ3v) is 5.89. The molecule has 3 rings (SSSR count). The third kappa shape index (κ3) is 10.1. The van der Waals surface area contributed by atoms with Gasteiger partial charge >= 0.3 is 138 Å². The van der Waals surface area contributed by atoms with Crippen LogP contribution in [0.15, 0.2) is 24.3 Å². The number of hydrogen-bond donors (Lipinski definition) is 0. The minimum absolute atomic E-state index is 0. The van der Waals surface area contributed by atoms with E-state index in [1.54, 1.807) is 14.2 Å². The largest absolute Gasteiger partial charge is 1.00 e. The third-order valence-electron chi connectivity index (χ3n) is 5.89. The van der Waals surface area contributed by atoms with Crippen molar-refractivity contribution in [1.82, 2.24) is 9.80 Å². The molecule has 0 spiro atoms. The molecule has 2 aromatic rings. The molecule has 0 saturated carbocycles. The van der Waals surface area contributed by atoms with Gasteiger partial charge in [-0.25, -0.2) is 0 Å². The maximum absolute atomic E-state index is 12.6. The molecule has 2 aromatic carbocycles. The Balaban J connectivity index is 0.00000265. The van der Waals surface area contributed by atoms with Crippen LogP contribution in [-0.2, 0) is 25.9 Å². The van der Waals surface area contributed by atoms with Gasteiger partial charge in [-0.1, -0.05) is 51.3 Å². The van der Waals surface area contributed by atoms with Crippen molar-refractivity contribution in [3.8, 4) is 23.0 Å². The molecule has 0 bridgehead atoms. The molecule has 1 heterocycles. The molecule has 178 valence electrons. The van der Waals surface area contributed by atoms with Crippen molar-refractivity contribution >= 4 is 0 Å². The Hall–Kier alpha value is 1.66. The molecule has 0 aromatic heterocycles. The van der Waals surface area contributed by atoms with Gasteiger partial charge in [-0.15, -0.1) is 0 Å². The summed E-state index contributed by atoms with van der Waals surface area (Å²) in [4.78, 5) is 4.60. The quantitative estimate of drug-likeness (QED) is 0.299. The Morgan fingerprint density at radius 3 is 1.26 bits per heavy atom. The van der Waals surface area contributed by atoms with Crippen LogP contribution in [0.5, 0.6) is 23.0 Å². The van der Waals surface area contributed by atoms with Gasteiger partial charge in [0.1, 0.15) is 11.5 Å². The molecule has 34 heavy (non-hydrogen) atoms. The first kappa shape index (κ1) is 35.7. The monoisotopic (exact) mass is 708 g/mol. The summed E-state index contributed by atoms with van der Waals surface area (Å²) in [6.45, 7) is 12.8. The fourth-order valence-corrected chi connectivity index (χ4v) is 3.98. The van der Waals surface area contributed by atoms with Gasteiger partial charge < -0.3 is 19.7 Å². The molecule has 0 aliphatic carbocycles. The van der Waals surface area contributed by atoms with E-state index in [0.717, 1.165) is 61.3 Å². The maximum Gasteiger partial charge on any atom is 1.00 e. The first-order valence-electron chi connectivity index (χ1n) is 11.7. The zero-order valence-corrected chi connectivity index (χ0v) is 35.1. The SMILES string of the molecule is CC.CCc1cc(CN2CCN(Cc3cc(CC)cc(OC)c3[O-])CC2)c([O-])c(OC)c1.[Cs+].[Cs+]. The molecule has 1 saturated heterocycles. The summed E-state index contributed by atoms with van der Waals surface area (Å²) in [6, 6.07) is 7.68. The number of aryl methyl sites for hydroxylation is 2. The molecule has 1 aliphatic rings. The van der Waals surface area contributed by atoms with Gasteiger partial charge in [0.15, 0.2) is 0 Å². The molecule has 8 heteroatoms. The summed E-state index contributed by atoms with van der Waals surface area (Å²) >= 11 is 0. The number of hydrogen-bond acceptors (Lipinski definition) is 6. The Kier molecular flexibility index (Phi) is 19.8. The van der Waals surface area contributed by atoms with Crippen LogP contribution in [-0.4, -0.2) is 50.2 Å². The summed E-state index contributed by atoms with van der Waals surface area (Å²) in [5.74, 6) is 0.819. The van der Waals surface area contributed by atoms with E-state index in [0.29, 0.717) is 24.6 Å². The number of piperazine rings is 1. The van der Waals surface area contributed by atoms with E-state index in [1.165, 1.54) is 0 Å². The Bertz CT molecular complexity index is 801. The van der Waals surface area contributed by atoms with Crippen molar-refractivity contribution in [2.75, 3.05) is 40.4 Å². The smallest absolute Gasteiger partial charge is 0.870 e. The van der Waals surface area contributed by atoms with Crippen LogP contribution in [0.3, 0.4) is 0 Å². The van der Waals surface area contributed by atoms with Crippen molar-refractivity contribution in [3.63, 3.8) is 0 Å². The molecule has 0 unspecified atom stereocenters. The van der Waals surface area contributed by atoms with Gasteiger partial charge in [0, 0.05) is 39.3 Å². The molecule has 1 fully saturated rings. The minimum Gasteiger partial charge on any atom is -0.870 e. The molecule has 6 nitrogen and oxygen atoms in total. The minimum atomic E-state index is -0.0170. The average Bonchev–Trinajstić information content (AvgIpc) is 2.84. The number of ether oxygens (including phenoxy) is 2. The number of rotatable bonds is 8. The van der Waals surface area contributed by atoms with Crippen LogP contribution in [0.25, 0.3) is 0 Å². The molecule has 0 N–H and O–H groups in total. The molecule has 0 amide bonds. The summed E-state index contributed by atoms with van der Waals surface area (Å²) < 4.78 is 10.5. The van der Waals surface area contributed by atoms with E-state index >= 15 is 0 Å². The topological polar surface area (TPSA) is 71.1 Å². The molecule has 0 atom stereocenters. The fourth-order valence-electron chi connectivity index (χ4n) is 3.98. The zero-order valence-electron chi connectivity index (χ0n) is 22.5. The second-order valence-corrected chi connectivity index (χ2v) is 7.83. The predicted molar refractivity (Wildman–Crippen MR) is 126 cm³/mol. The number of nitrogens with zero attached hydrogens (tertiary/aromatic N) is 2. The van der Waals surface area contributed by atoms with E-state index < -0.39 is 0 Å². The van der Waals surface area contributed by atoms with E-state index in [2.05, 4.69) is 23.6 Å². The zero-order chi connectivity index (χ0) is 23.7. The van der Waals surface area contributed by atoms with E-state index in [-0.39, 0.29) is 149 Å². The van der Waals surface area contributed by atoms with Crippen molar-refractivity contribution in [2.24, 2.45) is 0 Å². The van der Waals surface area contributed by atoms with Gasteiger partial charge in [0.05, 0.1) is 14.2 Å². The molecular formula is C26H38Cs2N2O4. The van der Waals surface area contributed by atoms with Gasteiger partial charge in [-0.3, -0.25) is 9.80 Å². The number of methoxy groups -OCH3 is 2. The standard InChI is InChI=1S/C24H34N2O4.C2H6.2Cs/c1-5-17-11-19(23(27)21(13-17)29-3)15-25-7-9-26(10-8-25)16-20-12-18(6-2)14-22(30-4)24(20)28;1-2;;/h11-14,27-28H,5-10,15-16H2,1-4H3;1-2H3;;/q;;2*+1/p-2. The van der Waals surface area contributed by atoms with Crippen LogP contribution < -0.4 is 157 Å². The second kappa shape index (κ2) is 18.8. The Labute approximate surface area is 324 Å². The first-order valence-corrected chi connectivity index (χ1v) is 11.7. The van der Waals surface area contributed by atoms with Crippen LogP contribution >= 0.6 is 0 Å². The van der Waals surface area contributed by atoms with Crippen molar-refractivity contribution in [3.05, 3.63) is 46.5 Å². The van der Waals surface area contributed by atoms with Crippen molar-refractivity contribution in [1.29, 1.82) is 0 Å². The number of benzene rings is 2. The van der Waals surface area contributed by atoms with Crippen molar-refractivity contribution in [2.45, 2.75) is 53.6 Å². The van der Waals surface area contributed by atoms with E-state index in [4.69, 9.17) is 9.47 Å². The summed E-state index contributed by atoms with van der Waals surface area (Å²) in [5.41, 5.74) is 3.82. The van der Waals surface area contributed by atoms with Gasteiger partial charge in [-0.2, -0.15) is 0 Å². The molecular weight excluding hydrogens is 670 g/mol. The van der Waals surface area contributed by atoms with E-state index in [9.17, 15) is 10.2 Å². The molecule has 1 aliphatic heterocycles. The van der Waals surface area contributed by atoms with Gasteiger partial charge in [0.25, 0.3) is 0 Å². The van der Waals surface area contributed by atoms with Gasteiger partial charge in [-0.05, 0) is 47.2 Å². The molecule has 0 radical (unpaired) electrons. The van der Waals surface area contributed by atoms with Gasteiger partial charge in [0.2, 0.25) is 0 Å². The summed E-state index contributed by atoms with van der Waals surface area (Å²) in [6.07, 6.45) is 1.74. The van der Waals surface area contributed by atoms with Crippen molar-refractivity contribution < 1.29 is 157 Å².